The van der Waals surface area contributed by atoms with Gasteiger partial charge in [0.05, 0.1) is 11.8 Å². The molecule has 1 atom stereocenters. The molecule has 0 saturated carbocycles. The Balaban J connectivity index is 3.03. The Labute approximate surface area is 68.0 Å². The monoisotopic (exact) mass is 201 g/mol. The summed E-state index contributed by atoms with van der Waals surface area (Å²) >= 11 is 3.27. The lowest BCUT2D eigenvalue weighted by molar-refractivity contribution is 0.193. The summed E-state index contributed by atoms with van der Waals surface area (Å²) in [7, 11) is 0. The molecule has 0 radical (unpaired) electrons. The number of halogens is 1. The van der Waals surface area contributed by atoms with Gasteiger partial charge >= 0.3 is 0 Å². The fourth-order valence-electron chi connectivity index (χ4n) is 0.705. The van der Waals surface area contributed by atoms with Crippen molar-refractivity contribution in [2.24, 2.45) is 0 Å². The quantitative estimate of drug-likeness (QED) is 0.754. The zero-order valence-corrected chi connectivity index (χ0v) is 7.17. The predicted octanol–water partition coefficient (Wildman–Crippen LogP) is 1.90. The standard InChI is InChI=1S/C7H8BrNO/c1-5(10)7-6(8)3-2-4-9-7/h2-5,10H,1H3. The highest BCUT2D eigenvalue weighted by atomic mass is 79.9. The maximum absolute atomic E-state index is 9.11. The molecule has 0 bridgehead atoms. The van der Waals surface area contributed by atoms with Crippen LogP contribution in [0.1, 0.15) is 18.7 Å². The number of pyridine rings is 1. The van der Waals surface area contributed by atoms with Crippen LogP contribution in [0, 0.1) is 0 Å². The van der Waals surface area contributed by atoms with Crippen molar-refractivity contribution in [3.8, 4) is 0 Å². The summed E-state index contributed by atoms with van der Waals surface area (Å²) in [5.41, 5.74) is 0.683. The van der Waals surface area contributed by atoms with Crippen molar-refractivity contribution in [1.82, 2.24) is 4.98 Å². The van der Waals surface area contributed by atoms with Gasteiger partial charge < -0.3 is 5.11 Å². The Hall–Kier alpha value is -0.410. The van der Waals surface area contributed by atoms with Gasteiger partial charge in [-0.1, -0.05) is 0 Å². The molecule has 1 N–H and O–H groups in total. The van der Waals surface area contributed by atoms with Crippen molar-refractivity contribution in [2.45, 2.75) is 13.0 Å². The summed E-state index contributed by atoms with van der Waals surface area (Å²) in [5.74, 6) is 0. The molecule has 1 aromatic heterocycles. The maximum Gasteiger partial charge on any atom is 0.0943 e. The molecule has 1 unspecified atom stereocenters. The molecule has 0 amide bonds. The van der Waals surface area contributed by atoms with Crippen molar-refractivity contribution in [3.05, 3.63) is 28.5 Å². The fourth-order valence-corrected chi connectivity index (χ4v) is 1.29. The number of hydrogen-bond donors (Lipinski definition) is 1. The highest BCUT2D eigenvalue weighted by Gasteiger charge is 2.04. The summed E-state index contributed by atoms with van der Waals surface area (Å²) in [6.45, 7) is 1.69. The second-order valence-electron chi connectivity index (χ2n) is 2.05. The average Bonchev–Trinajstić information content (AvgIpc) is 1.88. The molecule has 2 nitrogen and oxygen atoms in total. The molecule has 0 fully saturated rings. The molecule has 1 aromatic rings. The van der Waals surface area contributed by atoms with E-state index >= 15 is 0 Å². The summed E-state index contributed by atoms with van der Waals surface area (Å²) < 4.78 is 0.852. The lowest BCUT2D eigenvalue weighted by Gasteiger charge is -2.03. The Morgan fingerprint density at radius 1 is 1.70 bits per heavy atom. The van der Waals surface area contributed by atoms with E-state index in [0.717, 1.165) is 4.47 Å². The summed E-state index contributed by atoms with van der Waals surface area (Å²) in [6.07, 6.45) is 1.16. The Bertz CT molecular complexity index is 225. The van der Waals surface area contributed by atoms with E-state index in [9.17, 15) is 0 Å². The molecular formula is C7H8BrNO. The van der Waals surface area contributed by atoms with Crippen molar-refractivity contribution in [3.63, 3.8) is 0 Å². The molecular weight excluding hydrogens is 194 g/mol. The normalized spacial score (nSPS) is 13.1. The van der Waals surface area contributed by atoms with Crippen LogP contribution in [0.15, 0.2) is 22.8 Å². The number of hydrogen-bond acceptors (Lipinski definition) is 2. The van der Waals surface area contributed by atoms with E-state index in [-0.39, 0.29) is 0 Å². The Morgan fingerprint density at radius 2 is 2.40 bits per heavy atom. The first-order valence-corrected chi connectivity index (χ1v) is 3.79. The lowest BCUT2D eigenvalue weighted by Crippen LogP contribution is -1.95. The minimum atomic E-state index is -0.504. The van der Waals surface area contributed by atoms with Gasteiger partial charge in [0.2, 0.25) is 0 Å². The minimum absolute atomic E-state index is 0.504. The average molecular weight is 202 g/mol. The highest BCUT2D eigenvalue weighted by molar-refractivity contribution is 9.10. The first-order valence-electron chi connectivity index (χ1n) is 3.00. The van der Waals surface area contributed by atoms with Crippen LogP contribution >= 0.6 is 15.9 Å². The van der Waals surface area contributed by atoms with Gasteiger partial charge in [-0.25, -0.2) is 0 Å². The van der Waals surface area contributed by atoms with E-state index in [4.69, 9.17) is 5.11 Å². The summed E-state index contributed by atoms with van der Waals surface area (Å²) in [5, 5.41) is 9.11. The van der Waals surface area contributed by atoms with Gasteiger partial charge in [-0.3, -0.25) is 4.98 Å². The first kappa shape index (κ1) is 7.69. The fraction of sp³-hybridized carbons (Fsp3) is 0.286. The van der Waals surface area contributed by atoms with Crippen molar-refractivity contribution in [1.29, 1.82) is 0 Å². The minimum Gasteiger partial charge on any atom is -0.387 e. The van der Waals surface area contributed by atoms with Gasteiger partial charge in [-0.05, 0) is 35.0 Å². The van der Waals surface area contributed by atoms with Crippen molar-refractivity contribution in [2.75, 3.05) is 0 Å². The number of aliphatic hydroxyl groups excluding tert-OH is 1. The van der Waals surface area contributed by atoms with Gasteiger partial charge in [0.1, 0.15) is 0 Å². The second-order valence-corrected chi connectivity index (χ2v) is 2.90. The van der Waals surface area contributed by atoms with E-state index in [1.54, 1.807) is 13.1 Å². The third kappa shape index (κ3) is 1.55. The van der Waals surface area contributed by atoms with Crippen LogP contribution in [0.25, 0.3) is 0 Å². The molecule has 10 heavy (non-hydrogen) atoms. The molecule has 1 rings (SSSR count). The van der Waals surface area contributed by atoms with Gasteiger partial charge in [0.15, 0.2) is 0 Å². The van der Waals surface area contributed by atoms with Crippen LogP contribution in [0.5, 0.6) is 0 Å². The lowest BCUT2D eigenvalue weighted by atomic mass is 10.2. The van der Waals surface area contributed by atoms with Crippen LogP contribution < -0.4 is 0 Å². The molecule has 0 aliphatic heterocycles. The molecule has 0 aromatic carbocycles. The third-order valence-electron chi connectivity index (χ3n) is 1.18. The number of nitrogens with zero attached hydrogens (tertiary/aromatic N) is 1. The predicted molar refractivity (Wildman–Crippen MR) is 42.6 cm³/mol. The van der Waals surface area contributed by atoms with Crippen molar-refractivity contribution >= 4 is 15.9 Å². The van der Waals surface area contributed by atoms with Gasteiger partial charge in [-0.15, -0.1) is 0 Å². The summed E-state index contributed by atoms with van der Waals surface area (Å²) in [6, 6.07) is 3.67. The first-order chi connectivity index (χ1) is 4.72. The zero-order chi connectivity index (χ0) is 7.56. The smallest absolute Gasteiger partial charge is 0.0943 e. The topological polar surface area (TPSA) is 33.1 Å². The van der Waals surface area contributed by atoms with E-state index in [2.05, 4.69) is 20.9 Å². The van der Waals surface area contributed by atoms with Crippen molar-refractivity contribution < 1.29 is 5.11 Å². The van der Waals surface area contributed by atoms with E-state index in [0.29, 0.717) is 5.69 Å². The van der Waals surface area contributed by atoms with Crippen LogP contribution in [0.4, 0.5) is 0 Å². The second kappa shape index (κ2) is 3.12. The van der Waals surface area contributed by atoms with E-state index in [1.807, 2.05) is 12.1 Å². The summed E-state index contributed by atoms with van der Waals surface area (Å²) in [4.78, 5) is 3.98. The highest BCUT2D eigenvalue weighted by Crippen LogP contribution is 2.19. The molecule has 0 saturated heterocycles. The van der Waals surface area contributed by atoms with Crippen LogP contribution in [-0.4, -0.2) is 10.1 Å². The molecule has 0 spiro atoms. The van der Waals surface area contributed by atoms with Gasteiger partial charge in [0.25, 0.3) is 0 Å². The molecule has 54 valence electrons. The number of aliphatic hydroxyl groups is 1. The van der Waals surface area contributed by atoms with E-state index in [1.165, 1.54) is 0 Å². The SMILES string of the molecule is CC(O)c1ncccc1Br. The largest absolute Gasteiger partial charge is 0.387 e. The number of aromatic nitrogens is 1. The molecule has 3 heteroatoms. The maximum atomic E-state index is 9.11. The Morgan fingerprint density at radius 3 is 2.80 bits per heavy atom. The van der Waals surface area contributed by atoms with Crippen LogP contribution in [0.2, 0.25) is 0 Å². The zero-order valence-electron chi connectivity index (χ0n) is 5.58. The number of rotatable bonds is 1. The molecule has 0 aliphatic carbocycles. The molecule has 0 aliphatic rings. The van der Waals surface area contributed by atoms with Crippen LogP contribution in [-0.2, 0) is 0 Å². The third-order valence-corrected chi connectivity index (χ3v) is 1.85. The Kier molecular flexibility index (Phi) is 2.40. The molecule has 1 heterocycles. The van der Waals surface area contributed by atoms with Crippen LogP contribution in [0.3, 0.4) is 0 Å². The van der Waals surface area contributed by atoms with Gasteiger partial charge in [-0.2, -0.15) is 0 Å². The van der Waals surface area contributed by atoms with E-state index < -0.39 is 6.10 Å². The van der Waals surface area contributed by atoms with Gasteiger partial charge in [0, 0.05) is 10.7 Å².